The largest absolute Gasteiger partial charge is 0.487 e. The van der Waals surface area contributed by atoms with Crippen LogP contribution in [0.25, 0.3) is 22.0 Å². The van der Waals surface area contributed by atoms with Crippen LogP contribution in [-0.4, -0.2) is 62.6 Å². The quantitative estimate of drug-likeness (QED) is 0.0434. The zero-order valence-electron chi connectivity index (χ0n) is 41.1. The number of piperidine rings is 1. The van der Waals surface area contributed by atoms with Crippen molar-refractivity contribution in [3.05, 3.63) is 167 Å². The van der Waals surface area contributed by atoms with E-state index >= 15 is 0 Å². The normalized spacial score (nSPS) is 14.7. The predicted molar refractivity (Wildman–Crippen MR) is 282 cm³/mol. The minimum absolute atomic E-state index is 0.00560. The fourth-order valence-electron chi connectivity index (χ4n) is 9.00. The summed E-state index contributed by atoms with van der Waals surface area (Å²) in [7, 11) is -2.29. The van der Waals surface area contributed by atoms with Crippen molar-refractivity contribution in [3.8, 4) is 16.9 Å². The summed E-state index contributed by atoms with van der Waals surface area (Å²) < 4.78 is 19.7. The Morgan fingerprint density at radius 3 is 2.04 bits per heavy atom. The molecule has 1 aliphatic rings. The van der Waals surface area contributed by atoms with Gasteiger partial charge in [0.15, 0.2) is 8.32 Å². The number of carbonyl (C=O) groups excluding carboxylic acids is 1. The van der Waals surface area contributed by atoms with Gasteiger partial charge in [-0.25, -0.2) is 4.79 Å². The molecule has 0 aliphatic carbocycles. The fraction of sp³-hybridized carbons (Fsp3) is 0.414. The average molecular weight is 935 g/mol. The first-order chi connectivity index (χ1) is 32.9. The number of aromatic amines is 1. The smallest absolute Gasteiger partial charge is 0.411 e. The van der Waals surface area contributed by atoms with Crippen LogP contribution < -0.4 is 20.9 Å². The third-order valence-electron chi connectivity index (χ3n) is 13.9. The zero-order valence-corrected chi connectivity index (χ0v) is 42.1. The van der Waals surface area contributed by atoms with Gasteiger partial charge in [0.25, 0.3) is 0 Å². The van der Waals surface area contributed by atoms with Crippen molar-refractivity contribution in [2.24, 2.45) is 0 Å². The molecule has 0 spiro atoms. The van der Waals surface area contributed by atoms with Crippen molar-refractivity contribution in [3.63, 3.8) is 0 Å². The van der Waals surface area contributed by atoms with Gasteiger partial charge in [-0.1, -0.05) is 168 Å². The molecule has 7 rings (SSSR count). The van der Waals surface area contributed by atoms with Gasteiger partial charge < -0.3 is 29.1 Å². The second kappa shape index (κ2) is 24.7. The highest BCUT2D eigenvalue weighted by molar-refractivity contribution is 6.74. The number of anilines is 1. The zero-order chi connectivity index (χ0) is 47.8. The van der Waals surface area contributed by atoms with E-state index in [1.807, 2.05) is 97.1 Å². The number of hydrogen-bond donors (Lipinski definition) is 3. The lowest BCUT2D eigenvalue weighted by atomic mass is 9.93. The van der Waals surface area contributed by atoms with Crippen molar-refractivity contribution in [1.82, 2.24) is 15.2 Å². The third kappa shape index (κ3) is 14.5. The van der Waals surface area contributed by atoms with Crippen LogP contribution in [-0.2, 0) is 22.2 Å². The number of pyridine rings is 1. The molecule has 1 aromatic heterocycles. The lowest BCUT2D eigenvalue weighted by Gasteiger charge is -2.42. The molecule has 6 aromatic rings. The fourth-order valence-corrected chi connectivity index (χ4v) is 10.3. The number of H-pyrrole nitrogens is 1. The second-order valence-corrected chi connectivity index (χ2v) is 24.8. The van der Waals surface area contributed by atoms with E-state index in [9.17, 15) is 9.59 Å². The maximum absolute atomic E-state index is 12.9. The first-order valence-electron chi connectivity index (χ1n) is 25.1. The summed E-state index contributed by atoms with van der Waals surface area (Å²) in [5.74, 6) is 0.652. The SMILES string of the molecule is CC(C)(C)[Si](C)(C)O[C@H](c1ccc(OCc2ccccc2)c2[nH]c(=O)ccc12)C(Cc1ccccc1)NCCCCCCCCCN1CCC(OC(=O)Nc2ccccc2-c2ccccc2)CC1. The van der Waals surface area contributed by atoms with Gasteiger partial charge in [0, 0.05) is 36.1 Å². The van der Waals surface area contributed by atoms with E-state index in [1.165, 1.54) is 44.1 Å². The van der Waals surface area contributed by atoms with Crippen LogP contribution in [0.2, 0.25) is 18.1 Å². The molecular weight excluding hydrogens is 861 g/mol. The number of aromatic nitrogens is 1. The van der Waals surface area contributed by atoms with Crippen LogP contribution in [0.4, 0.5) is 10.5 Å². The highest BCUT2D eigenvalue weighted by atomic mass is 28.4. The van der Waals surface area contributed by atoms with Gasteiger partial charge in [-0.05, 0) is 104 Å². The molecule has 10 heteroatoms. The molecule has 9 nitrogen and oxygen atoms in total. The van der Waals surface area contributed by atoms with Gasteiger partial charge in [0.1, 0.15) is 18.5 Å². The number of hydrogen-bond acceptors (Lipinski definition) is 7. The number of carbonyl (C=O) groups is 1. The topological polar surface area (TPSA) is 105 Å². The van der Waals surface area contributed by atoms with Crippen molar-refractivity contribution >= 4 is 31.0 Å². The Morgan fingerprint density at radius 1 is 0.735 bits per heavy atom. The number of benzene rings is 5. The van der Waals surface area contributed by atoms with Gasteiger partial charge in [-0.15, -0.1) is 0 Å². The summed E-state index contributed by atoms with van der Waals surface area (Å²) in [6.07, 6.45) is 10.2. The molecule has 360 valence electrons. The number of para-hydroxylation sites is 1. The van der Waals surface area contributed by atoms with E-state index in [4.69, 9.17) is 13.9 Å². The van der Waals surface area contributed by atoms with Crippen LogP contribution >= 0.6 is 0 Å². The Hall–Kier alpha value is -5.52. The van der Waals surface area contributed by atoms with E-state index in [2.05, 4.69) is 90.8 Å². The van der Waals surface area contributed by atoms with E-state index in [1.54, 1.807) is 6.07 Å². The van der Waals surface area contributed by atoms with E-state index in [0.29, 0.717) is 17.9 Å². The maximum atomic E-state index is 12.9. The Kier molecular flexibility index (Phi) is 18.3. The molecule has 5 aromatic carbocycles. The molecule has 2 heterocycles. The van der Waals surface area contributed by atoms with Crippen LogP contribution in [0.15, 0.2) is 144 Å². The summed E-state index contributed by atoms with van der Waals surface area (Å²) in [6, 6.07) is 46.5. The number of amides is 1. The molecule has 1 fully saturated rings. The Morgan fingerprint density at radius 2 is 1.35 bits per heavy atom. The number of fused-ring (bicyclic) bond motifs is 1. The standard InChI is InChI=1S/C58H74N4O5Si/c1-58(2,3)68(4,5)67-56(50-32-34-53(55-49(50)33-35-54(63)61-55)65-43-45-26-16-12-17-27-45)52(42-44-24-14-11-15-25-44)59-38-22-9-7-6-8-10-23-39-62-40-36-47(37-41-62)66-57(64)60-51-31-21-20-30-48(51)46-28-18-13-19-29-46/h11-21,24-35,47,52,56,59H,6-10,22-23,36-43H2,1-5H3,(H,60,64)(H,61,63)/t52?,56-/m1/s1. The lowest BCUT2D eigenvalue weighted by molar-refractivity contribution is 0.0584. The van der Waals surface area contributed by atoms with Gasteiger partial charge in [-0.2, -0.15) is 0 Å². The van der Waals surface area contributed by atoms with Crippen molar-refractivity contribution < 1.29 is 18.7 Å². The van der Waals surface area contributed by atoms with E-state index in [0.717, 1.165) is 85.2 Å². The minimum Gasteiger partial charge on any atom is -0.487 e. The average Bonchev–Trinajstić information content (AvgIpc) is 3.34. The van der Waals surface area contributed by atoms with Crippen LogP contribution in [0, 0.1) is 0 Å². The van der Waals surface area contributed by atoms with Gasteiger partial charge in [0.2, 0.25) is 5.56 Å². The van der Waals surface area contributed by atoms with E-state index in [-0.39, 0.29) is 34.9 Å². The highest BCUT2D eigenvalue weighted by Gasteiger charge is 2.42. The lowest BCUT2D eigenvalue weighted by Crippen LogP contribution is -2.47. The van der Waals surface area contributed by atoms with Crippen molar-refractivity contribution in [2.45, 2.75) is 128 Å². The van der Waals surface area contributed by atoms with Crippen LogP contribution in [0.1, 0.15) is 101 Å². The second-order valence-electron chi connectivity index (χ2n) is 20.0. The summed E-state index contributed by atoms with van der Waals surface area (Å²) >= 11 is 0. The summed E-state index contributed by atoms with van der Waals surface area (Å²) in [5, 5.41) is 7.95. The monoisotopic (exact) mass is 935 g/mol. The molecule has 1 amide bonds. The number of ether oxygens (including phenoxy) is 2. The molecule has 1 unspecified atom stereocenters. The summed E-state index contributed by atoms with van der Waals surface area (Å²) in [5.41, 5.74) is 6.73. The van der Waals surface area contributed by atoms with E-state index < -0.39 is 8.32 Å². The number of likely N-dealkylation sites (tertiary alicyclic amines) is 1. The van der Waals surface area contributed by atoms with Gasteiger partial charge >= 0.3 is 6.09 Å². The molecule has 0 saturated carbocycles. The molecular formula is C58H74N4O5Si. The molecule has 2 atom stereocenters. The minimum atomic E-state index is -2.29. The Balaban J connectivity index is 0.884. The van der Waals surface area contributed by atoms with Crippen LogP contribution in [0.5, 0.6) is 5.75 Å². The first kappa shape index (κ1) is 50.4. The van der Waals surface area contributed by atoms with Gasteiger partial charge in [0.05, 0.1) is 17.3 Å². The maximum Gasteiger partial charge on any atom is 0.411 e. The van der Waals surface area contributed by atoms with Gasteiger partial charge in [-0.3, -0.25) is 10.1 Å². The number of unbranched alkanes of at least 4 members (excludes halogenated alkanes) is 6. The Labute approximate surface area is 406 Å². The van der Waals surface area contributed by atoms with Crippen LogP contribution in [0.3, 0.4) is 0 Å². The molecule has 0 radical (unpaired) electrons. The molecule has 68 heavy (non-hydrogen) atoms. The third-order valence-corrected chi connectivity index (χ3v) is 18.4. The first-order valence-corrected chi connectivity index (χ1v) is 28.0. The number of rotatable bonds is 23. The predicted octanol–water partition coefficient (Wildman–Crippen LogP) is 13.5. The molecule has 1 saturated heterocycles. The number of nitrogens with zero attached hydrogens (tertiary/aromatic N) is 1. The molecule has 1 aliphatic heterocycles. The van der Waals surface area contributed by atoms with Crippen molar-refractivity contribution in [1.29, 1.82) is 0 Å². The summed E-state index contributed by atoms with van der Waals surface area (Å²) in [6.45, 7) is 15.9. The summed E-state index contributed by atoms with van der Waals surface area (Å²) in [4.78, 5) is 31.4. The molecule has 3 N–H and O–H groups in total. The highest BCUT2D eigenvalue weighted by Crippen LogP contribution is 2.43. The Bertz CT molecular complexity index is 2520. The number of nitrogens with one attached hydrogen (secondary N) is 3. The molecule has 0 bridgehead atoms. The van der Waals surface area contributed by atoms with Crippen molar-refractivity contribution in [2.75, 3.05) is 31.5 Å².